The molecule has 0 aliphatic carbocycles. The minimum Gasteiger partial charge on any atom is -0.352 e. The molecule has 9 heteroatoms. The van der Waals surface area contributed by atoms with Crippen LogP contribution in [0.5, 0.6) is 0 Å². The maximum Gasteiger partial charge on any atom is 0.401 e. The summed E-state index contributed by atoms with van der Waals surface area (Å²) in [5, 5.41) is 6.39. The van der Waals surface area contributed by atoms with Crippen molar-refractivity contribution in [2.24, 2.45) is 10.9 Å². The van der Waals surface area contributed by atoms with E-state index in [1.165, 1.54) is 4.90 Å². The van der Waals surface area contributed by atoms with Crippen molar-refractivity contribution in [1.82, 2.24) is 25.1 Å². The minimum absolute atomic E-state index is 0.0380. The fraction of sp³-hybridized carbons (Fsp3) is 0.750. The number of aliphatic imine (C=N–C) groups is 1. The molecule has 1 aliphatic heterocycles. The number of alkyl halides is 3. The molecule has 1 unspecified atom stereocenters. The van der Waals surface area contributed by atoms with Gasteiger partial charge < -0.3 is 15.2 Å². The van der Waals surface area contributed by atoms with Gasteiger partial charge in [-0.3, -0.25) is 9.89 Å². The van der Waals surface area contributed by atoms with E-state index in [0.717, 1.165) is 12.4 Å². The van der Waals surface area contributed by atoms with Crippen molar-refractivity contribution >= 4 is 5.96 Å². The van der Waals surface area contributed by atoms with E-state index in [2.05, 4.69) is 39.0 Å². The third-order valence-corrected chi connectivity index (χ3v) is 4.02. The zero-order chi connectivity index (χ0) is 18.4. The molecule has 2 N–H and O–H groups in total. The number of nitrogens with zero attached hydrogens (tertiary/aromatic N) is 4. The molecule has 25 heavy (non-hydrogen) atoms. The molecular formula is C16H27F3N6. The van der Waals surface area contributed by atoms with Crippen LogP contribution in [0.15, 0.2) is 17.4 Å². The number of guanidine groups is 1. The van der Waals surface area contributed by atoms with Gasteiger partial charge >= 0.3 is 6.18 Å². The smallest absolute Gasteiger partial charge is 0.352 e. The third-order valence-electron chi connectivity index (χ3n) is 4.02. The lowest BCUT2D eigenvalue weighted by Crippen LogP contribution is -2.45. The van der Waals surface area contributed by atoms with Gasteiger partial charge in [0.1, 0.15) is 5.82 Å². The fourth-order valence-corrected chi connectivity index (χ4v) is 2.97. The van der Waals surface area contributed by atoms with Gasteiger partial charge in [0.05, 0.1) is 13.1 Å². The predicted molar refractivity (Wildman–Crippen MR) is 91.3 cm³/mol. The third kappa shape index (κ3) is 6.56. The van der Waals surface area contributed by atoms with E-state index in [0.29, 0.717) is 37.9 Å². The number of rotatable bonds is 6. The van der Waals surface area contributed by atoms with Crippen LogP contribution in [-0.2, 0) is 13.1 Å². The Morgan fingerprint density at radius 2 is 2.20 bits per heavy atom. The average Bonchev–Trinajstić information content (AvgIpc) is 3.10. The normalized spacial score (nSPS) is 19.6. The second-order valence-corrected chi connectivity index (χ2v) is 6.80. The first-order chi connectivity index (χ1) is 11.8. The molecule has 1 aromatic heterocycles. The van der Waals surface area contributed by atoms with E-state index in [1.807, 2.05) is 6.20 Å². The summed E-state index contributed by atoms with van der Waals surface area (Å²) >= 11 is 0. The first kappa shape index (κ1) is 19.6. The van der Waals surface area contributed by atoms with Crippen LogP contribution in [0.25, 0.3) is 0 Å². The number of hydrogen-bond donors (Lipinski definition) is 2. The van der Waals surface area contributed by atoms with Gasteiger partial charge in [-0.05, 0) is 12.3 Å². The number of hydrogen-bond acceptors (Lipinski definition) is 3. The lowest BCUT2D eigenvalue weighted by molar-refractivity contribution is -0.143. The van der Waals surface area contributed by atoms with Gasteiger partial charge in [-0.25, -0.2) is 4.98 Å². The lowest BCUT2D eigenvalue weighted by atomic mass is 10.2. The molecule has 142 valence electrons. The summed E-state index contributed by atoms with van der Waals surface area (Å²) in [7, 11) is 1.65. The maximum absolute atomic E-state index is 12.5. The molecule has 0 aromatic carbocycles. The molecule has 1 atom stereocenters. The molecule has 0 amide bonds. The highest BCUT2D eigenvalue weighted by Gasteiger charge is 2.34. The SMILES string of the molecule is CN=C(NCc1nccn1CC(C)C)NC1CCN(CC(F)(F)F)C1. The van der Waals surface area contributed by atoms with Crippen molar-refractivity contribution in [2.75, 3.05) is 26.7 Å². The van der Waals surface area contributed by atoms with E-state index in [4.69, 9.17) is 0 Å². The van der Waals surface area contributed by atoms with Gasteiger partial charge in [0.15, 0.2) is 5.96 Å². The van der Waals surface area contributed by atoms with Crippen LogP contribution >= 0.6 is 0 Å². The van der Waals surface area contributed by atoms with Gasteiger partial charge in [0.2, 0.25) is 0 Å². The van der Waals surface area contributed by atoms with Crippen LogP contribution in [0.4, 0.5) is 13.2 Å². The van der Waals surface area contributed by atoms with E-state index >= 15 is 0 Å². The Morgan fingerprint density at radius 3 is 2.84 bits per heavy atom. The highest BCUT2D eigenvalue weighted by Crippen LogP contribution is 2.19. The second kappa shape index (κ2) is 8.55. The lowest BCUT2D eigenvalue weighted by Gasteiger charge is -2.20. The molecule has 1 saturated heterocycles. The number of imidazole rings is 1. The van der Waals surface area contributed by atoms with Crippen LogP contribution < -0.4 is 10.6 Å². The molecule has 2 heterocycles. The summed E-state index contributed by atoms with van der Waals surface area (Å²) < 4.78 is 39.5. The van der Waals surface area contributed by atoms with Crippen LogP contribution in [0.1, 0.15) is 26.1 Å². The van der Waals surface area contributed by atoms with E-state index in [-0.39, 0.29) is 6.04 Å². The average molecular weight is 360 g/mol. The molecule has 1 aliphatic rings. The van der Waals surface area contributed by atoms with Crippen molar-refractivity contribution in [2.45, 2.75) is 45.6 Å². The Morgan fingerprint density at radius 1 is 1.44 bits per heavy atom. The van der Waals surface area contributed by atoms with Gasteiger partial charge in [-0.15, -0.1) is 0 Å². The van der Waals surface area contributed by atoms with Crippen molar-refractivity contribution < 1.29 is 13.2 Å². The molecule has 0 saturated carbocycles. The van der Waals surface area contributed by atoms with Crippen LogP contribution in [0, 0.1) is 5.92 Å². The Balaban J connectivity index is 1.81. The summed E-state index contributed by atoms with van der Waals surface area (Å²) in [6.45, 7) is 5.63. The topological polar surface area (TPSA) is 57.5 Å². The van der Waals surface area contributed by atoms with Crippen LogP contribution in [-0.4, -0.2) is 59.3 Å². The molecule has 1 aromatic rings. The van der Waals surface area contributed by atoms with E-state index in [9.17, 15) is 13.2 Å². The van der Waals surface area contributed by atoms with Crippen molar-refractivity contribution in [3.05, 3.63) is 18.2 Å². The second-order valence-electron chi connectivity index (χ2n) is 6.80. The molecule has 0 spiro atoms. The van der Waals surface area contributed by atoms with Crippen molar-refractivity contribution in [1.29, 1.82) is 0 Å². The van der Waals surface area contributed by atoms with Gasteiger partial charge in [0.25, 0.3) is 0 Å². The minimum atomic E-state index is -4.15. The number of likely N-dealkylation sites (tertiary alicyclic amines) is 1. The van der Waals surface area contributed by atoms with Crippen molar-refractivity contribution in [3.63, 3.8) is 0 Å². The largest absolute Gasteiger partial charge is 0.401 e. The number of nitrogens with one attached hydrogen (secondary N) is 2. The Kier molecular flexibility index (Phi) is 6.69. The maximum atomic E-state index is 12.5. The number of aromatic nitrogens is 2. The van der Waals surface area contributed by atoms with Crippen LogP contribution in [0.2, 0.25) is 0 Å². The molecule has 0 radical (unpaired) electrons. The zero-order valence-electron chi connectivity index (χ0n) is 15.0. The first-order valence-electron chi connectivity index (χ1n) is 8.53. The Labute approximate surface area is 146 Å². The van der Waals surface area contributed by atoms with Crippen molar-refractivity contribution in [3.8, 4) is 0 Å². The monoisotopic (exact) mass is 360 g/mol. The zero-order valence-corrected chi connectivity index (χ0v) is 15.0. The predicted octanol–water partition coefficient (Wildman–Crippen LogP) is 1.84. The van der Waals surface area contributed by atoms with Crippen LogP contribution in [0.3, 0.4) is 0 Å². The van der Waals surface area contributed by atoms with Gasteiger partial charge in [-0.2, -0.15) is 13.2 Å². The summed E-state index contributed by atoms with van der Waals surface area (Å²) in [5.41, 5.74) is 0. The van der Waals surface area contributed by atoms with E-state index < -0.39 is 12.7 Å². The van der Waals surface area contributed by atoms with Gasteiger partial charge in [-0.1, -0.05) is 13.8 Å². The Bertz CT molecular complexity index is 566. The highest BCUT2D eigenvalue weighted by molar-refractivity contribution is 5.79. The van der Waals surface area contributed by atoms with Gasteiger partial charge in [0, 0.05) is 45.1 Å². The summed E-state index contributed by atoms with van der Waals surface area (Å²) in [6.07, 6.45) is 0.224. The molecule has 1 fully saturated rings. The van der Waals surface area contributed by atoms with E-state index in [1.54, 1.807) is 13.2 Å². The first-order valence-corrected chi connectivity index (χ1v) is 8.53. The summed E-state index contributed by atoms with van der Waals surface area (Å²) in [5.74, 6) is 2.00. The number of halogens is 3. The summed E-state index contributed by atoms with van der Waals surface area (Å²) in [4.78, 5) is 9.92. The molecule has 0 bridgehead atoms. The highest BCUT2D eigenvalue weighted by atomic mass is 19.4. The summed E-state index contributed by atoms with van der Waals surface area (Å²) in [6, 6.07) is -0.0380. The quantitative estimate of drug-likeness (QED) is 0.600. The fourth-order valence-electron chi connectivity index (χ4n) is 2.97. The molecule has 6 nitrogen and oxygen atoms in total. The standard InChI is InChI=1S/C16H27F3N6/c1-12(2)9-25-7-5-21-14(25)8-22-15(20-3)23-13-4-6-24(10-13)11-16(17,18)19/h5,7,12-13H,4,6,8-11H2,1-3H3,(H2,20,22,23). The Hall–Kier alpha value is -1.77. The molecular weight excluding hydrogens is 333 g/mol. The molecule has 2 rings (SSSR count).